The van der Waals surface area contributed by atoms with Gasteiger partial charge in [-0.1, -0.05) is 23.9 Å². The van der Waals surface area contributed by atoms with Crippen molar-refractivity contribution in [2.24, 2.45) is 7.05 Å². The number of thiophene rings is 1. The molecule has 3 aromatic rings. The Bertz CT molecular complexity index is 943. The highest BCUT2D eigenvalue weighted by molar-refractivity contribution is 7.98. The molecule has 24 heavy (non-hydrogen) atoms. The number of fused-ring (bicyclic) bond motifs is 1. The molecule has 0 saturated carbocycles. The van der Waals surface area contributed by atoms with Crippen LogP contribution >= 0.6 is 23.1 Å². The second kappa shape index (κ2) is 6.78. The predicted octanol–water partition coefficient (Wildman–Crippen LogP) is 2.99. The molecule has 0 saturated heterocycles. The van der Waals surface area contributed by atoms with Crippen LogP contribution in [0.4, 0.5) is 0 Å². The van der Waals surface area contributed by atoms with Crippen LogP contribution in [-0.4, -0.2) is 34.5 Å². The maximum absolute atomic E-state index is 12.3. The zero-order chi connectivity index (χ0) is 17.3. The Morgan fingerprint density at radius 1 is 1.25 bits per heavy atom. The minimum absolute atomic E-state index is 0.00979. The molecule has 0 fully saturated rings. The molecule has 0 unspecified atom stereocenters. The van der Waals surface area contributed by atoms with Crippen LogP contribution in [0.3, 0.4) is 0 Å². The van der Waals surface area contributed by atoms with Crippen LogP contribution in [0.2, 0.25) is 0 Å². The summed E-state index contributed by atoms with van der Waals surface area (Å²) >= 11 is 2.93. The van der Waals surface area contributed by atoms with Gasteiger partial charge in [-0.05, 0) is 29.1 Å². The fraction of sp³-hybridized carbons (Fsp3) is 0.235. The molecule has 7 heteroatoms. The number of carbonyl (C=O) groups excluding carboxylic acids is 1. The zero-order valence-corrected chi connectivity index (χ0v) is 15.3. The van der Waals surface area contributed by atoms with Crippen molar-refractivity contribution in [1.82, 2.24) is 14.5 Å². The number of carbonyl (C=O) groups is 1. The maximum atomic E-state index is 12.3. The first kappa shape index (κ1) is 16.7. The van der Waals surface area contributed by atoms with Crippen molar-refractivity contribution in [2.75, 3.05) is 14.1 Å². The van der Waals surface area contributed by atoms with Crippen LogP contribution in [0.15, 0.2) is 45.7 Å². The van der Waals surface area contributed by atoms with Crippen LogP contribution in [0.5, 0.6) is 0 Å². The van der Waals surface area contributed by atoms with E-state index in [1.54, 1.807) is 30.6 Å². The Morgan fingerprint density at radius 3 is 2.62 bits per heavy atom. The molecule has 5 nitrogen and oxygen atoms in total. The molecular formula is C17H17N3O2S2. The lowest BCUT2D eigenvalue weighted by Crippen LogP contribution is -2.21. The lowest BCUT2D eigenvalue weighted by molar-refractivity contribution is 0.0827. The van der Waals surface area contributed by atoms with Crippen molar-refractivity contribution < 1.29 is 4.79 Å². The average Bonchev–Trinajstić information content (AvgIpc) is 3.05. The van der Waals surface area contributed by atoms with Crippen LogP contribution in [0.1, 0.15) is 15.9 Å². The summed E-state index contributed by atoms with van der Waals surface area (Å²) in [7, 11) is 5.22. The fourth-order valence-electron chi connectivity index (χ4n) is 2.25. The van der Waals surface area contributed by atoms with Gasteiger partial charge in [-0.25, -0.2) is 4.98 Å². The molecule has 0 spiro atoms. The summed E-state index contributed by atoms with van der Waals surface area (Å²) in [5.41, 5.74) is 2.48. The van der Waals surface area contributed by atoms with Gasteiger partial charge in [0.05, 0.1) is 5.52 Å². The largest absolute Gasteiger partial charge is 0.345 e. The second-order valence-electron chi connectivity index (χ2n) is 5.58. The Labute approximate surface area is 147 Å². The summed E-state index contributed by atoms with van der Waals surface area (Å²) in [5.74, 6) is 0.674. The van der Waals surface area contributed by atoms with Crippen LogP contribution in [0, 0.1) is 0 Å². The van der Waals surface area contributed by atoms with Gasteiger partial charge < -0.3 is 4.90 Å². The van der Waals surface area contributed by atoms with Crippen molar-refractivity contribution in [3.8, 4) is 0 Å². The second-order valence-corrected chi connectivity index (χ2v) is 7.44. The lowest BCUT2D eigenvalue weighted by Gasteiger charge is -2.11. The highest BCUT2D eigenvalue weighted by Crippen LogP contribution is 2.23. The highest BCUT2D eigenvalue weighted by atomic mass is 32.2. The molecule has 0 bridgehead atoms. The molecule has 0 aliphatic heterocycles. The smallest absolute Gasteiger partial charge is 0.271 e. The van der Waals surface area contributed by atoms with Crippen LogP contribution in [0.25, 0.3) is 10.2 Å². The standard InChI is InChI=1S/C17H17N3O2S2/c1-19(2)15(21)12-6-4-11(5-7-12)10-24-17-18-13-8-9-23-14(13)16(22)20(17)3/h4-9H,10H2,1-3H3. The van der Waals surface area contributed by atoms with E-state index in [4.69, 9.17) is 0 Å². The molecule has 2 aromatic heterocycles. The van der Waals surface area contributed by atoms with E-state index < -0.39 is 0 Å². The first-order valence-electron chi connectivity index (χ1n) is 7.35. The molecule has 0 aliphatic carbocycles. The number of amides is 1. The van der Waals surface area contributed by atoms with Gasteiger partial charge in [0.15, 0.2) is 5.16 Å². The van der Waals surface area contributed by atoms with Crippen LogP contribution < -0.4 is 5.56 Å². The normalized spacial score (nSPS) is 11.0. The third kappa shape index (κ3) is 3.22. The molecule has 0 atom stereocenters. The van der Waals surface area contributed by atoms with E-state index in [2.05, 4.69) is 4.98 Å². The van der Waals surface area contributed by atoms with Crippen molar-refractivity contribution in [1.29, 1.82) is 0 Å². The topological polar surface area (TPSA) is 55.2 Å². The summed E-state index contributed by atoms with van der Waals surface area (Å²) in [4.78, 5) is 30.3. The Kier molecular flexibility index (Phi) is 4.73. The van der Waals surface area contributed by atoms with Crippen LogP contribution in [-0.2, 0) is 12.8 Å². The van der Waals surface area contributed by atoms with E-state index in [9.17, 15) is 9.59 Å². The highest BCUT2D eigenvalue weighted by Gasteiger charge is 2.11. The molecule has 0 radical (unpaired) electrons. The summed E-state index contributed by atoms with van der Waals surface area (Å²) in [6.07, 6.45) is 0. The van der Waals surface area contributed by atoms with Gasteiger partial charge in [0, 0.05) is 32.5 Å². The van der Waals surface area contributed by atoms with Crippen molar-refractivity contribution >= 4 is 39.2 Å². The summed E-state index contributed by atoms with van der Waals surface area (Å²) in [6.45, 7) is 0. The zero-order valence-electron chi connectivity index (χ0n) is 13.6. The van der Waals surface area contributed by atoms with Crippen molar-refractivity contribution in [3.05, 3.63) is 57.2 Å². The molecule has 2 heterocycles. The fourth-order valence-corrected chi connectivity index (χ4v) is 3.98. The number of nitrogens with zero attached hydrogens (tertiary/aromatic N) is 3. The summed E-state index contributed by atoms with van der Waals surface area (Å²) in [6, 6.07) is 9.39. The van der Waals surface area contributed by atoms with E-state index >= 15 is 0 Å². The molecule has 3 rings (SSSR count). The molecule has 1 amide bonds. The summed E-state index contributed by atoms with van der Waals surface area (Å²) < 4.78 is 2.28. The van der Waals surface area contributed by atoms with E-state index in [0.717, 1.165) is 11.1 Å². The monoisotopic (exact) mass is 359 g/mol. The number of aromatic nitrogens is 2. The number of benzene rings is 1. The van der Waals surface area contributed by atoms with Gasteiger partial charge >= 0.3 is 0 Å². The number of rotatable bonds is 4. The maximum Gasteiger partial charge on any atom is 0.271 e. The molecule has 0 N–H and O–H groups in total. The van der Waals surface area contributed by atoms with E-state index in [1.807, 2.05) is 35.7 Å². The predicted molar refractivity (Wildman–Crippen MR) is 98.9 cm³/mol. The Morgan fingerprint density at radius 2 is 1.96 bits per heavy atom. The average molecular weight is 359 g/mol. The van der Waals surface area contributed by atoms with E-state index in [0.29, 0.717) is 21.2 Å². The van der Waals surface area contributed by atoms with E-state index in [1.165, 1.54) is 23.1 Å². The minimum atomic E-state index is -0.0128. The molecule has 1 aromatic carbocycles. The van der Waals surface area contributed by atoms with Gasteiger partial charge in [0.2, 0.25) is 0 Å². The number of hydrogen-bond acceptors (Lipinski definition) is 5. The first-order chi connectivity index (χ1) is 11.5. The first-order valence-corrected chi connectivity index (χ1v) is 9.21. The van der Waals surface area contributed by atoms with Gasteiger partial charge in [-0.15, -0.1) is 11.3 Å². The number of hydrogen-bond donors (Lipinski definition) is 0. The Balaban J connectivity index is 1.77. The van der Waals surface area contributed by atoms with Gasteiger partial charge in [0.25, 0.3) is 11.5 Å². The van der Waals surface area contributed by atoms with Crippen molar-refractivity contribution in [3.63, 3.8) is 0 Å². The molecule has 0 aliphatic rings. The SMILES string of the molecule is CN(C)C(=O)c1ccc(CSc2nc3ccsc3c(=O)n2C)cc1. The lowest BCUT2D eigenvalue weighted by atomic mass is 10.1. The Hall–Kier alpha value is -2.12. The molecule has 124 valence electrons. The van der Waals surface area contributed by atoms with E-state index in [-0.39, 0.29) is 11.5 Å². The summed E-state index contributed by atoms with van der Waals surface area (Å²) in [5, 5.41) is 2.58. The van der Waals surface area contributed by atoms with Gasteiger partial charge in [-0.3, -0.25) is 14.2 Å². The van der Waals surface area contributed by atoms with Gasteiger partial charge in [-0.2, -0.15) is 0 Å². The third-order valence-corrected chi connectivity index (χ3v) is 5.61. The third-order valence-electron chi connectivity index (χ3n) is 3.62. The molecular weight excluding hydrogens is 342 g/mol. The number of thioether (sulfide) groups is 1. The van der Waals surface area contributed by atoms with Crippen molar-refractivity contribution in [2.45, 2.75) is 10.9 Å². The minimum Gasteiger partial charge on any atom is -0.345 e. The quantitative estimate of drug-likeness (QED) is 0.531. The van der Waals surface area contributed by atoms with Gasteiger partial charge in [0.1, 0.15) is 4.70 Å².